The SMILES string of the molecule is COc1cc(/C=N\n2cn[nH]c2=S)ccc1OCc1ccccc1C. The highest BCUT2D eigenvalue weighted by Crippen LogP contribution is 2.28. The Morgan fingerprint density at radius 2 is 2.08 bits per heavy atom. The number of hydrogen-bond donors (Lipinski definition) is 1. The van der Waals surface area contributed by atoms with Gasteiger partial charge in [0.15, 0.2) is 11.5 Å². The Balaban J connectivity index is 1.75. The molecule has 6 nitrogen and oxygen atoms in total. The van der Waals surface area contributed by atoms with Gasteiger partial charge >= 0.3 is 0 Å². The van der Waals surface area contributed by atoms with E-state index >= 15 is 0 Å². The lowest BCUT2D eigenvalue weighted by Crippen LogP contribution is -2.00. The summed E-state index contributed by atoms with van der Waals surface area (Å²) in [5.41, 5.74) is 3.20. The van der Waals surface area contributed by atoms with Crippen LogP contribution in [0.25, 0.3) is 0 Å². The Labute approximate surface area is 150 Å². The van der Waals surface area contributed by atoms with Crippen LogP contribution in [-0.2, 0) is 6.61 Å². The zero-order chi connectivity index (χ0) is 17.6. The lowest BCUT2D eigenvalue weighted by molar-refractivity contribution is 0.284. The predicted molar refractivity (Wildman–Crippen MR) is 98.9 cm³/mol. The summed E-state index contributed by atoms with van der Waals surface area (Å²) < 4.78 is 13.3. The molecule has 0 unspecified atom stereocenters. The Hall–Kier alpha value is -2.93. The minimum atomic E-state index is 0.432. The van der Waals surface area contributed by atoms with Gasteiger partial charge in [-0.25, -0.2) is 0 Å². The Bertz CT molecular complexity index is 946. The third kappa shape index (κ3) is 4.13. The zero-order valence-corrected chi connectivity index (χ0v) is 14.8. The van der Waals surface area contributed by atoms with Gasteiger partial charge in [0.2, 0.25) is 4.77 Å². The van der Waals surface area contributed by atoms with Gasteiger partial charge in [0.25, 0.3) is 0 Å². The molecule has 128 valence electrons. The third-order valence-corrected chi connectivity index (χ3v) is 3.98. The van der Waals surface area contributed by atoms with Gasteiger partial charge in [0.05, 0.1) is 13.3 Å². The number of ether oxygens (including phenoxy) is 2. The van der Waals surface area contributed by atoms with Crippen LogP contribution in [0.15, 0.2) is 53.9 Å². The lowest BCUT2D eigenvalue weighted by Gasteiger charge is -2.12. The highest BCUT2D eigenvalue weighted by atomic mass is 32.1. The largest absolute Gasteiger partial charge is 0.493 e. The first-order chi connectivity index (χ1) is 12.2. The Morgan fingerprint density at radius 3 is 2.80 bits per heavy atom. The maximum Gasteiger partial charge on any atom is 0.216 e. The number of benzene rings is 2. The third-order valence-electron chi connectivity index (χ3n) is 3.70. The maximum atomic E-state index is 5.91. The van der Waals surface area contributed by atoms with E-state index in [1.54, 1.807) is 13.3 Å². The van der Waals surface area contributed by atoms with Gasteiger partial charge in [0, 0.05) is 0 Å². The summed E-state index contributed by atoms with van der Waals surface area (Å²) in [7, 11) is 1.61. The van der Waals surface area contributed by atoms with Crippen LogP contribution in [0, 0.1) is 11.7 Å². The van der Waals surface area contributed by atoms with E-state index < -0.39 is 0 Å². The van der Waals surface area contributed by atoms with E-state index in [4.69, 9.17) is 21.7 Å². The van der Waals surface area contributed by atoms with Crippen LogP contribution in [0.3, 0.4) is 0 Å². The number of aromatic nitrogens is 3. The molecule has 0 radical (unpaired) electrons. The molecule has 1 N–H and O–H groups in total. The predicted octanol–water partition coefficient (Wildman–Crippen LogP) is 3.72. The molecule has 0 bridgehead atoms. The van der Waals surface area contributed by atoms with Crippen molar-refractivity contribution in [3.05, 3.63) is 70.3 Å². The van der Waals surface area contributed by atoms with Crippen molar-refractivity contribution in [2.75, 3.05) is 7.11 Å². The van der Waals surface area contributed by atoms with E-state index in [2.05, 4.69) is 34.4 Å². The van der Waals surface area contributed by atoms with Crippen LogP contribution in [0.4, 0.5) is 0 Å². The number of nitrogens with zero attached hydrogens (tertiary/aromatic N) is 3. The maximum absolute atomic E-state index is 5.91. The van der Waals surface area contributed by atoms with Gasteiger partial charge in [0.1, 0.15) is 12.9 Å². The van der Waals surface area contributed by atoms with Gasteiger partial charge in [-0.3, -0.25) is 5.10 Å². The van der Waals surface area contributed by atoms with Crippen LogP contribution in [0.5, 0.6) is 11.5 Å². The Morgan fingerprint density at radius 1 is 1.24 bits per heavy atom. The molecular weight excluding hydrogens is 336 g/mol. The fraction of sp³-hybridized carbons (Fsp3) is 0.167. The van der Waals surface area contributed by atoms with Crippen LogP contribution in [0.2, 0.25) is 0 Å². The lowest BCUT2D eigenvalue weighted by atomic mass is 10.1. The minimum absolute atomic E-state index is 0.432. The monoisotopic (exact) mass is 354 g/mol. The van der Waals surface area contributed by atoms with Gasteiger partial charge in [-0.15, -0.1) is 0 Å². The Kier molecular flexibility index (Phi) is 5.25. The van der Waals surface area contributed by atoms with E-state index in [-0.39, 0.29) is 0 Å². The average Bonchev–Trinajstić information content (AvgIpc) is 3.04. The van der Waals surface area contributed by atoms with Crippen molar-refractivity contribution in [3.63, 3.8) is 0 Å². The van der Waals surface area contributed by atoms with Crippen molar-refractivity contribution in [3.8, 4) is 11.5 Å². The first-order valence-electron chi connectivity index (χ1n) is 7.69. The number of aryl methyl sites for hydroxylation is 1. The van der Waals surface area contributed by atoms with Crippen LogP contribution >= 0.6 is 12.2 Å². The summed E-state index contributed by atoms with van der Waals surface area (Å²) in [6.45, 7) is 2.55. The second-order valence-corrected chi connectivity index (χ2v) is 5.76. The molecule has 0 spiro atoms. The molecular formula is C18H18N4O2S. The second kappa shape index (κ2) is 7.76. The summed E-state index contributed by atoms with van der Waals surface area (Å²) in [6.07, 6.45) is 3.19. The van der Waals surface area contributed by atoms with Crippen LogP contribution < -0.4 is 9.47 Å². The van der Waals surface area contributed by atoms with Crippen LogP contribution in [0.1, 0.15) is 16.7 Å². The molecule has 25 heavy (non-hydrogen) atoms. The molecule has 3 rings (SSSR count). The smallest absolute Gasteiger partial charge is 0.216 e. The number of nitrogens with one attached hydrogen (secondary N) is 1. The molecule has 1 aromatic heterocycles. The first kappa shape index (κ1) is 16.9. The fourth-order valence-electron chi connectivity index (χ4n) is 2.26. The quantitative estimate of drug-likeness (QED) is 0.541. The van der Waals surface area contributed by atoms with Gasteiger partial charge in [-0.05, 0) is 54.0 Å². The first-order valence-corrected chi connectivity index (χ1v) is 8.10. The molecule has 0 saturated carbocycles. The zero-order valence-electron chi connectivity index (χ0n) is 14.0. The molecule has 0 saturated heterocycles. The molecule has 0 aliphatic carbocycles. The molecule has 7 heteroatoms. The van der Waals surface area contributed by atoms with Crippen molar-refractivity contribution in [2.45, 2.75) is 13.5 Å². The molecule has 0 atom stereocenters. The van der Waals surface area contributed by atoms with E-state index in [9.17, 15) is 0 Å². The molecule has 0 aliphatic heterocycles. The molecule has 1 heterocycles. The fourth-order valence-corrected chi connectivity index (χ4v) is 2.41. The van der Waals surface area contributed by atoms with Crippen molar-refractivity contribution < 1.29 is 9.47 Å². The van der Waals surface area contributed by atoms with E-state index in [1.807, 2.05) is 30.3 Å². The van der Waals surface area contributed by atoms with Crippen molar-refractivity contribution >= 4 is 18.4 Å². The number of H-pyrrole nitrogens is 1. The standard InChI is InChI=1S/C18H18N4O2S/c1-13-5-3-4-6-15(13)11-24-16-8-7-14(9-17(16)23-2)10-20-22-12-19-21-18(22)25/h3-10,12H,11H2,1-2H3,(H,21,25)/b20-10-. The van der Waals surface area contributed by atoms with Crippen molar-refractivity contribution in [2.24, 2.45) is 5.10 Å². The van der Waals surface area contributed by atoms with Gasteiger partial charge in [-0.2, -0.15) is 14.9 Å². The number of methoxy groups -OCH3 is 1. The van der Waals surface area contributed by atoms with Crippen molar-refractivity contribution in [1.82, 2.24) is 14.9 Å². The number of hydrogen-bond acceptors (Lipinski definition) is 5. The van der Waals surface area contributed by atoms with Gasteiger partial charge < -0.3 is 9.47 Å². The van der Waals surface area contributed by atoms with Crippen molar-refractivity contribution in [1.29, 1.82) is 0 Å². The summed E-state index contributed by atoms with van der Waals surface area (Å²) >= 11 is 5.05. The summed E-state index contributed by atoms with van der Waals surface area (Å²) in [5, 5.41) is 10.7. The van der Waals surface area contributed by atoms with E-state index in [1.165, 1.54) is 16.6 Å². The van der Waals surface area contributed by atoms with E-state index in [0.29, 0.717) is 22.9 Å². The molecule has 3 aromatic rings. The number of aromatic amines is 1. The highest BCUT2D eigenvalue weighted by Gasteiger charge is 2.06. The molecule has 0 amide bonds. The highest BCUT2D eigenvalue weighted by molar-refractivity contribution is 7.71. The topological polar surface area (TPSA) is 64.4 Å². The molecule has 2 aromatic carbocycles. The normalized spacial score (nSPS) is 11.0. The summed E-state index contributed by atoms with van der Waals surface area (Å²) in [6, 6.07) is 13.8. The number of rotatable bonds is 6. The average molecular weight is 354 g/mol. The summed E-state index contributed by atoms with van der Waals surface area (Å²) in [4.78, 5) is 0. The van der Waals surface area contributed by atoms with Crippen LogP contribution in [-0.4, -0.2) is 28.2 Å². The van der Waals surface area contributed by atoms with Gasteiger partial charge in [-0.1, -0.05) is 24.3 Å². The second-order valence-electron chi connectivity index (χ2n) is 5.38. The van der Waals surface area contributed by atoms with E-state index in [0.717, 1.165) is 11.1 Å². The molecule has 0 fully saturated rings. The summed E-state index contributed by atoms with van der Waals surface area (Å²) in [5.74, 6) is 1.33. The molecule has 0 aliphatic rings. The minimum Gasteiger partial charge on any atom is -0.493 e.